The third-order valence-corrected chi connectivity index (χ3v) is 2.11. The van der Waals surface area contributed by atoms with Crippen LogP contribution in [0.3, 0.4) is 0 Å². The van der Waals surface area contributed by atoms with Gasteiger partial charge in [0.2, 0.25) is 6.08 Å². The van der Waals surface area contributed by atoms with E-state index < -0.39 is 11.9 Å². The Kier molecular flexibility index (Phi) is 4.04. The molecule has 1 rings (SSSR count). The van der Waals surface area contributed by atoms with E-state index in [1.807, 2.05) is 0 Å². The third kappa shape index (κ3) is 2.54. The minimum absolute atomic E-state index is 0.237. The molecule has 0 heterocycles. The molecular formula is C11H10F3NO2. The van der Waals surface area contributed by atoms with Crippen molar-refractivity contribution in [1.29, 1.82) is 0 Å². The summed E-state index contributed by atoms with van der Waals surface area (Å²) in [6.07, 6.45) is -3.90. The molecule has 1 aromatic rings. The zero-order chi connectivity index (χ0) is 12.9. The predicted molar refractivity (Wildman–Crippen MR) is 53.9 cm³/mol. The van der Waals surface area contributed by atoms with Crippen LogP contribution in [0.2, 0.25) is 0 Å². The second-order valence-electron chi connectivity index (χ2n) is 3.14. The van der Waals surface area contributed by atoms with E-state index in [-0.39, 0.29) is 12.2 Å². The van der Waals surface area contributed by atoms with Gasteiger partial charge >= 0.3 is 6.18 Å². The Labute approximate surface area is 95.9 Å². The molecule has 0 N–H and O–H groups in total. The molecule has 0 aromatic heterocycles. The van der Waals surface area contributed by atoms with Gasteiger partial charge in [-0.05, 0) is 6.92 Å². The van der Waals surface area contributed by atoms with Crippen LogP contribution in [0.1, 0.15) is 12.5 Å². The van der Waals surface area contributed by atoms with Gasteiger partial charge in [-0.3, -0.25) is 0 Å². The topological polar surface area (TPSA) is 38.7 Å². The molecule has 1 atom stereocenters. The largest absolute Gasteiger partial charge is 0.444 e. The number of halogens is 3. The van der Waals surface area contributed by atoms with Crippen molar-refractivity contribution < 1.29 is 22.7 Å². The third-order valence-electron chi connectivity index (χ3n) is 2.11. The van der Waals surface area contributed by atoms with Crippen molar-refractivity contribution in [2.75, 3.05) is 6.61 Å². The summed E-state index contributed by atoms with van der Waals surface area (Å²) in [6, 6.07) is 6.78. The van der Waals surface area contributed by atoms with Gasteiger partial charge in [0.25, 0.3) is 5.72 Å². The Bertz CT molecular complexity index is 412. The monoisotopic (exact) mass is 245 g/mol. The standard InChI is InChI=1S/C11H10F3NO2/c1-2-17-10(15-8-16,11(12,13)14)9-6-4-3-5-7-9/h3-7H,2H2,1H3. The van der Waals surface area contributed by atoms with Crippen LogP contribution in [0.25, 0.3) is 0 Å². The number of hydrogen-bond donors (Lipinski definition) is 0. The highest BCUT2D eigenvalue weighted by Crippen LogP contribution is 2.43. The summed E-state index contributed by atoms with van der Waals surface area (Å²) in [6.45, 7) is 1.16. The van der Waals surface area contributed by atoms with Gasteiger partial charge in [0.05, 0.1) is 0 Å². The molecule has 0 spiro atoms. The van der Waals surface area contributed by atoms with Crippen molar-refractivity contribution >= 4 is 6.08 Å². The molecule has 3 nitrogen and oxygen atoms in total. The summed E-state index contributed by atoms with van der Waals surface area (Å²) >= 11 is 0. The highest BCUT2D eigenvalue weighted by molar-refractivity contribution is 5.38. The number of alkyl halides is 3. The molecular weight excluding hydrogens is 235 g/mol. The van der Waals surface area contributed by atoms with Crippen LogP contribution in [0.5, 0.6) is 0 Å². The van der Waals surface area contributed by atoms with Crippen molar-refractivity contribution in [2.24, 2.45) is 4.99 Å². The Morgan fingerprint density at radius 3 is 2.29 bits per heavy atom. The van der Waals surface area contributed by atoms with Gasteiger partial charge in [-0.15, -0.1) is 0 Å². The van der Waals surface area contributed by atoms with Crippen molar-refractivity contribution in [2.45, 2.75) is 18.8 Å². The Hall–Kier alpha value is -1.65. The first-order valence-corrected chi connectivity index (χ1v) is 4.83. The minimum atomic E-state index is -4.83. The van der Waals surface area contributed by atoms with Crippen LogP contribution >= 0.6 is 0 Å². The predicted octanol–water partition coefficient (Wildman–Crippen LogP) is 2.77. The molecule has 1 aromatic carbocycles. The molecule has 0 aliphatic carbocycles. The maximum absolute atomic E-state index is 13.0. The number of rotatable bonds is 4. The van der Waals surface area contributed by atoms with Gasteiger partial charge in [-0.2, -0.15) is 18.2 Å². The summed E-state index contributed by atoms with van der Waals surface area (Å²) in [5, 5.41) is 0. The fourth-order valence-corrected chi connectivity index (χ4v) is 1.43. The number of aliphatic imine (C=N–C) groups is 1. The number of benzene rings is 1. The molecule has 0 radical (unpaired) electrons. The Balaban J connectivity index is 3.40. The van der Waals surface area contributed by atoms with Gasteiger partial charge in [-0.1, -0.05) is 30.3 Å². The lowest BCUT2D eigenvalue weighted by molar-refractivity contribution is -0.280. The fourth-order valence-electron chi connectivity index (χ4n) is 1.43. The number of hydrogen-bond acceptors (Lipinski definition) is 3. The lowest BCUT2D eigenvalue weighted by Crippen LogP contribution is -2.43. The highest BCUT2D eigenvalue weighted by atomic mass is 19.4. The van der Waals surface area contributed by atoms with Gasteiger partial charge in [0.15, 0.2) is 0 Å². The second-order valence-corrected chi connectivity index (χ2v) is 3.14. The van der Waals surface area contributed by atoms with Crippen LogP contribution in [0.15, 0.2) is 35.3 Å². The molecule has 1 unspecified atom stereocenters. The smallest absolute Gasteiger partial charge is 0.342 e. The van der Waals surface area contributed by atoms with E-state index in [1.54, 1.807) is 6.07 Å². The van der Waals surface area contributed by atoms with Crippen LogP contribution < -0.4 is 0 Å². The number of ether oxygens (including phenoxy) is 1. The molecule has 0 aliphatic heterocycles. The first kappa shape index (κ1) is 13.4. The summed E-state index contributed by atoms with van der Waals surface area (Å²) in [7, 11) is 0. The maximum atomic E-state index is 13.0. The SMILES string of the molecule is CCOC(N=C=O)(c1ccccc1)C(F)(F)F. The average Bonchev–Trinajstić information content (AvgIpc) is 2.28. The van der Waals surface area contributed by atoms with E-state index >= 15 is 0 Å². The Morgan fingerprint density at radius 1 is 1.29 bits per heavy atom. The van der Waals surface area contributed by atoms with Crippen LogP contribution in [0, 0.1) is 0 Å². The van der Waals surface area contributed by atoms with Gasteiger partial charge in [-0.25, -0.2) is 4.79 Å². The normalized spacial score (nSPS) is 14.8. The van der Waals surface area contributed by atoms with E-state index in [4.69, 9.17) is 0 Å². The van der Waals surface area contributed by atoms with Crippen LogP contribution in [-0.4, -0.2) is 18.9 Å². The van der Waals surface area contributed by atoms with E-state index in [1.165, 1.54) is 31.2 Å². The molecule has 92 valence electrons. The zero-order valence-electron chi connectivity index (χ0n) is 8.99. The van der Waals surface area contributed by atoms with E-state index in [2.05, 4.69) is 9.73 Å². The molecule has 0 fully saturated rings. The van der Waals surface area contributed by atoms with Gasteiger partial charge < -0.3 is 4.74 Å². The lowest BCUT2D eigenvalue weighted by Gasteiger charge is -2.30. The van der Waals surface area contributed by atoms with E-state index in [9.17, 15) is 18.0 Å². The molecule has 0 saturated heterocycles. The average molecular weight is 245 g/mol. The number of carbonyl (C=O) groups excluding carboxylic acids is 1. The maximum Gasteiger partial charge on any atom is 0.444 e. The number of isocyanates is 1. The quantitative estimate of drug-likeness (QED) is 0.604. The highest BCUT2D eigenvalue weighted by Gasteiger charge is 2.58. The molecule has 17 heavy (non-hydrogen) atoms. The van der Waals surface area contributed by atoms with Crippen LogP contribution in [0.4, 0.5) is 13.2 Å². The summed E-state index contributed by atoms with van der Waals surface area (Å²) in [5.74, 6) is 0. The zero-order valence-corrected chi connectivity index (χ0v) is 8.99. The Morgan fingerprint density at radius 2 is 1.88 bits per heavy atom. The lowest BCUT2D eigenvalue weighted by atomic mass is 10.0. The van der Waals surface area contributed by atoms with Crippen molar-refractivity contribution in [1.82, 2.24) is 0 Å². The van der Waals surface area contributed by atoms with Crippen LogP contribution in [-0.2, 0) is 15.3 Å². The van der Waals surface area contributed by atoms with E-state index in [0.29, 0.717) is 0 Å². The van der Waals surface area contributed by atoms with Gasteiger partial charge in [0, 0.05) is 12.2 Å². The van der Waals surface area contributed by atoms with Gasteiger partial charge in [0.1, 0.15) is 0 Å². The van der Waals surface area contributed by atoms with Crippen molar-refractivity contribution in [3.8, 4) is 0 Å². The number of nitrogens with zero attached hydrogens (tertiary/aromatic N) is 1. The molecule has 0 bridgehead atoms. The van der Waals surface area contributed by atoms with Crippen molar-refractivity contribution in [3.63, 3.8) is 0 Å². The van der Waals surface area contributed by atoms with E-state index in [0.717, 1.165) is 6.08 Å². The summed E-state index contributed by atoms with van der Waals surface area (Å²) < 4.78 is 43.8. The minimum Gasteiger partial charge on any atom is -0.342 e. The fraction of sp³-hybridized carbons (Fsp3) is 0.364. The molecule has 0 aliphatic rings. The molecule has 6 heteroatoms. The molecule has 0 saturated carbocycles. The van der Waals surface area contributed by atoms with Crippen molar-refractivity contribution in [3.05, 3.63) is 35.9 Å². The first-order valence-electron chi connectivity index (χ1n) is 4.83. The first-order chi connectivity index (χ1) is 7.98. The summed E-state index contributed by atoms with van der Waals surface area (Å²) in [4.78, 5) is 13.1. The molecule has 0 amide bonds. The second kappa shape index (κ2) is 5.12. The summed E-state index contributed by atoms with van der Waals surface area (Å²) in [5.41, 5.74) is -3.22.